The quantitative estimate of drug-likeness (QED) is 0.720. The smallest absolute Gasteiger partial charge is 0.165 e. The monoisotopic (exact) mass is 318 g/mol. The summed E-state index contributed by atoms with van der Waals surface area (Å²) in [5, 5.41) is 8.84. The lowest BCUT2D eigenvalue weighted by atomic mass is 9.95. The van der Waals surface area contributed by atoms with Gasteiger partial charge in [-0.1, -0.05) is 18.5 Å². The van der Waals surface area contributed by atoms with Crippen molar-refractivity contribution in [3.8, 4) is 11.3 Å². The molecular formula is C16H16ClFN4. The van der Waals surface area contributed by atoms with Gasteiger partial charge in [0.2, 0.25) is 0 Å². The maximum atomic E-state index is 14.5. The second-order valence-electron chi connectivity index (χ2n) is 5.89. The van der Waals surface area contributed by atoms with Gasteiger partial charge in [-0.15, -0.1) is 0 Å². The first-order valence-corrected chi connectivity index (χ1v) is 7.67. The van der Waals surface area contributed by atoms with Crippen LogP contribution >= 0.6 is 11.6 Å². The number of aromatic nitrogens is 3. The summed E-state index contributed by atoms with van der Waals surface area (Å²) in [4.78, 5) is 3.26. The van der Waals surface area contributed by atoms with E-state index in [-0.39, 0.29) is 5.02 Å². The average molecular weight is 319 g/mol. The molecule has 0 radical (unpaired) electrons. The summed E-state index contributed by atoms with van der Waals surface area (Å²) in [5.74, 6) is -0.0798. The van der Waals surface area contributed by atoms with Crippen LogP contribution in [0.25, 0.3) is 22.2 Å². The second kappa shape index (κ2) is 4.83. The van der Waals surface area contributed by atoms with Crippen LogP contribution in [0.2, 0.25) is 5.02 Å². The lowest BCUT2D eigenvalue weighted by molar-refractivity contribution is 0.565. The molecule has 0 saturated heterocycles. The summed E-state index contributed by atoms with van der Waals surface area (Å²) in [6, 6.07) is 3.59. The van der Waals surface area contributed by atoms with Gasteiger partial charge in [0.15, 0.2) is 5.82 Å². The number of nitrogens with one attached hydrogen (secondary N) is 2. The zero-order chi connectivity index (χ0) is 15.4. The highest BCUT2D eigenvalue weighted by Crippen LogP contribution is 2.39. The molecule has 1 atom stereocenters. The number of hydrogen-bond acceptors (Lipinski definition) is 2. The fourth-order valence-electron chi connectivity index (χ4n) is 3.28. The molecule has 1 unspecified atom stereocenters. The van der Waals surface area contributed by atoms with E-state index < -0.39 is 5.82 Å². The Morgan fingerprint density at radius 3 is 3.00 bits per heavy atom. The van der Waals surface area contributed by atoms with Crippen LogP contribution in [-0.2, 0) is 13.6 Å². The number of halogens is 2. The normalized spacial score (nSPS) is 17.9. The molecule has 4 rings (SSSR count). The number of H-pyrrole nitrogens is 1. The minimum Gasteiger partial charge on any atom is -0.355 e. The molecule has 114 valence electrons. The molecule has 0 amide bonds. The van der Waals surface area contributed by atoms with Crippen molar-refractivity contribution in [1.29, 1.82) is 0 Å². The number of benzene rings is 1. The highest BCUT2D eigenvalue weighted by molar-refractivity contribution is 6.32. The van der Waals surface area contributed by atoms with E-state index in [1.807, 2.05) is 19.3 Å². The Hall–Kier alpha value is -1.85. The van der Waals surface area contributed by atoms with Crippen molar-refractivity contribution >= 4 is 22.5 Å². The van der Waals surface area contributed by atoms with Gasteiger partial charge in [-0.25, -0.2) is 4.39 Å². The molecule has 0 aliphatic carbocycles. The van der Waals surface area contributed by atoms with Gasteiger partial charge in [-0.05, 0) is 17.7 Å². The zero-order valence-electron chi connectivity index (χ0n) is 12.4. The molecule has 0 spiro atoms. The Kier molecular flexibility index (Phi) is 3.03. The third-order valence-electron chi connectivity index (χ3n) is 4.34. The van der Waals surface area contributed by atoms with Gasteiger partial charge in [-0.3, -0.25) is 4.68 Å². The Morgan fingerprint density at radius 2 is 2.27 bits per heavy atom. The molecule has 0 fully saturated rings. The van der Waals surface area contributed by atoms with Crippen molar-refractivity contribution in [2.45, 2.75) is 19.4 Å². The minimum atomic E-state index is -0.391. The van der Waals surface area contributed by atoms with E-state index in [1.165, 1.54) is 0 Å². The van der Waals surface area contributed by atoms with E-state index in [0.717, 1.165) is 41.0 Å². The van der Waals surface area contributed by atoms with Crippen LogP contribution in [0, 0.1) is 5.82 Å². The molecule has 1 aliphatic heterocycles. The van der Waals surface area contributed by atoms with Gasteiger partial charge < -0.3 is 10.3 Å². The van der Waals surface area contributed by atoms with Crippen LogP contribution in [0.3, 0.4) is 0 Å². The fourth-order valence-corrected chi connectivity index (χ4v) is 3.49. The van der Waals surface area contributed by atoms with Gasteiger partial charge in [0.05, 0.1) is 16.2 Å². The number of nitrogens with zero attached hydrogens (tertiary/aromatic N) is 2. The third-order valence-corrected chi connectivity index (χ3v) is 4.62. The van der Waals surface area contributed by atoms with Crippen LogP contribution in [0.5, 0.6) is 0 Å². The molecule has 0 bridgehead atoms. The summed E-state index contributed by atoms with van der Waals surface area (Å²) in [6.07, 6.45) is 1.87. The molecule has 1 aliphatic rings. The van der Waals surface area contributed by atoms with E-state index in [4.69, 9.17) is 11.6 Å². The van der Waals surface area contributed by atoms with Crippen molar-refractivity contribution in [3.63, 3.8) is 0 Å². The Bertz CT molecular complexity index is 880. The number of rotatable bonds is 1. The molecular weight excluding hydrogens is 303 g/mol. The van der Waals surface area contributed by atoms with Crippen LogP contribution in [0.4, 0.5) is 4.39 Å². The van der Waals surface area contributed by atoms with E-state index in [0.29, 0.717) is 11.4 Å². The molecule has 2 N–H and O–H groups in total. The van der Waals surface area contributed by atoms with Gasteiger partial charge in [-0.2, -0.15) is 5.10 Å². The fraction of sp³-hybridized carbons (Fsp3) is 0.312. The second-order valence-corrected chi connectivity index (χ2v) is 6.30. The molecule has 4 nitrogen and oxygen atoms in total. The summed E-state index contributed by atoms with van der Waals surface area (Å²) < 4.78 is 16.2. The van der Waals surface area contributed by atoms with Gasteiger partial charge in [0, 0.05) is 48.9 Å². The molecule has 1 aromatic carbocycles. The predicted molar refractivity (Wildman–Crippen MR) is 85.6 cm³/mol. The van der Waals surface area contributed by atoms with Crippen molar-refractivity contribution in [3.05, 3.63) is 40.4 Å². The largest absolute Gasteiger partial charge is 0.355 e. The maximum absolute atomic E-state index is 14.5. The first-order valence-electron chi connectivity index (χ1n) is 7.29. The summed E-state index contributed by atoms with van der Waals surface area (Å²) in [5.41, 5.74) is 4.36. The van der Waals surface area contributed by atoms with Gasteiger partial charge >= 0.3 is 0 Å². The van der Waals surface area contributed by atoms with Crippen molar-refractivity contribution in [1.82, 2.24) is 20.1 Å². The molecule has 2 aromatic heterocycles. The van der Waals surface area contributed by atoms with Crippen LogP contribution < -0.4 is 5.32 Å². The molecule has 6 heteroatoms. The molecule has 3 aromatic rings. The van der Waals surface area contributed by atoms with Crippen molar-refractivity contribution in [2.75, 3.05) is 6.54 Å². The van der Waals surface area contributed by atoms with Crippen LogP contribution in [0.1, 0.15) is 24.1 Å². The Morgan fingerprint density at radius 1 is 1.45 bits per heavy atom. The van der Waals surface area contributed by atoms with E-state index in [1.54, 1.807) is 10.7 Å². The Balaban J connectivity index is 2.10. The summed E-state index contributed by atoms with van der Waals surface area (Å²) in [7, 11) is 1.86. The number of aryl methyl sites for hydroxylation is 1. The van der Waals surface area contributed by atoms with E-state index >= 15 is 0 Å². The first-order chi connectivity index (χ1) is 10.6. The van der Waals surface area contributed by atoms with E-state index in [2.05, 4.69) is 22.3 Å². The molecule has 0 saturated carbocycles. The molecule has 22 heavy (non-hydrogen) atoms. The average Bonchev–Trinajstić information content (AvgIpc) is 3.08. The minimum absolute atomic E-state index is 0.118. The summed E-state index contributed by atoms with van der Waals surface area (Å²) in [6.45, 7) is 3.73. The Labute approximate surface area is 132 Å². The third kappa shape index (κ3) is 1.89. The topological polar surface area (TPSA) is 45.6 Å². The number of fused-ring (bicyclic) bond motifs is 3. The SMILES string of the molecule is CC1CNCc2c1[nH]c1c(F)c(Cl)cc(-c3ccn(C)n3)c21. The van der Waals surface area contributed by atoms with Crippen LogP contribution in [-0.4, -0.2) is 21.3 Å². The summed E-state index contributed by atoms with van der Waals surface area (Å²) >= 11 is 6.10. The lowest BCUT2D eigenvalue weighted by Gasteiger charge is -2.20. The predicted octanol–water partition coefficient (Wildman–Crippen LogP) is 3.57. The van der Waals surface area contributed by atoms with Gasteiger partial charge in [0.25, 0.3) is 0 Å². The standard InChI is InChI=1S/C16H16ClFN4/c1-8-6-19-7-10-13-9(12-3-4-22(2)21-12)5-11(17)14(18)16(13)20-15(8)10/h3-5,8,19-20H,6-7H2,1-2H3. The van der Waals surface area contributed by atoms with Gasteiger partial charge in [0.1, 0.15) is 0 Å². The molecule has 3 heterocycles. The van der Waals surface area contributed by atoms with Crippen molar-refractivity contribution in [2.24, 2.45) is 7.05 Å². The maximum Gasteiger partial charge on any atom is 0.165 e. The number of aromatic amines is 1. The van der Waals surface area contributed by atoms with Crippen molar-refractivity contribution < 1.29 is 4.39 Å². The van der Waals surface area contributed by atoms with Crippen LogP contribution in [0.15, 0.2) is 18.3 Å². The zero-order valence-corrected chi connectivity index (χ0v) is 13.1. The highest BCUT2D eigenvalue weighted by atomic mass is 35.5. The number of hydrogen-bond donors (Lipinski definition) is 2. The first kappa shape index (κ1) is 13.8. The lowest BCUT2D eigenvalue weighted by Crippen LogP contribution is -2.26. The van der Waals surface area contributed by atoms with E-state index in [9.17, 15) is 4.39 Å². The highest BCUT2D eigenvalue weighted by Gasteiger charge is 2.26.